The number of nitrogens with zero attached hydrogens (tertiary/aromatic N) is 4. The molecule has 0 saturated heterocycles. The molecule has 3 aromatic heterocycles. The predicted octanol–water partition coefficient (Wildman–Crippen LogP) is 3.20. The van der Waals surface area contributed by atoms with Crippen LogP contribution < -0.4 is 21.3 Å². The fourth-order valence-corrected chi connectivity index (χ4v) is 4.02. The van der Waals surface area contributed by atoms with Crippen LogP contribution in [0.15, 0.2) is 64.2 Å². The summed E-state index contributed by atoms with van der Waals surface area (Å²) in [6, 6.07) is 17.4. The van der Waals surface area contributed by atoms with Gasteiger partial charge in [0.2, 0.25) is 5.78 Å². The van der Waals surface area contributed by atoms with Crippen molar-refractivity contribution in [3.8, 4) is 11.5 Å². The molecule has 9 nitrogen and oxygen atoms in total. The number of ether oxygens (including phenoxy) is 1. The Labute approximate surface area is 188 Å². The SMILES string of the molecule is Cc1c(C)n2c3c(=O)[nH]c(=O)n(C)c3nc2n1CCNc1ccc(Oc2ccccc2)cc1. The van der Waals surface area contributed by atoms with Crippen molar-refractivity contribution in [1.29, 1.82) is 0 Å². The number of rotatable bonds is 6. The summed E-state index contributed by atoms with van der Waals surface area (Å²) in [4.78, 5) is 31.4. The highest BCUT2D eigenvalue weighted by Gasteiger charge is 2.20. The lowest BCUT2D eigenvalue weighted by Gasteiger charge is -2.10. The first-order chi connectivity index (χ1) is 15.9. The minimum atomic E-state index is -0.476. The molecule has 0 fully saturated rings. The minimum Gasteiger partial charge on any atom is -0.457 e. The molecular formula is C24H24N6O3. The number of H-pyrrole nitrogens is 1. The minimum absolute atomic E-state index is 0.373. The Bertz CT molecular complexity index is 1570. The molecule has 0 aliphatic rings. The maximum Gasteiger partial charge on any atom is 0.329 e. The quantitative estimate of drug-likeness (QED) is 0.419. The molecule has 0 amide bonds. The molecule has 5 aromatic rings. The second-order valence-electron chi connectivity index (χ2n) is 7.93. The lowest BCUT2D eigenvalue weighted by molar-refractivity contribution is 0.483. The zero-order valence-electron chi connectivity index (χ0n) is 18.6. The van der Waals surface area contributed by atoms with Crippen LogP contribution in [0, 0.1) is 13.8 Å². The number of fused-ring (bicyclic) bond motifs is 3. The van der Waals surface area contributed by atoms with Gasteiger partial charge in [0.25, 0.3) is 5.56 Å². The zero-order valence-corrected chi connectivity index (χ0v) is 18.6. The van der Waals surface area contributed by atoms with E-state index < -0.39 is 11.2 Å². The van der Waals surface area contributed by atoms with Gasteiger partial charge < -0.3 is 14.6 Å². The molecule has 168 valence electrons. The summed E-state index contributed by atoms with van der Waals surface area (Å²) in [6.07, 6.45) is 0. The monoisotopic (exact) mass is 444 g/mol. The number of aromatic nitrogens is 5. The molecule has 2 aromatic carbocycles. The number of aromatic amines is 1. The molecule has 0 saturated carbocycles. The standard InChI is InChI=1S/C24H24N6O3/c1-15-16(2)30-20-21(28(3)24(32)27-22(20)31)26-23(30)29(15)14-13-25-17-9-11-19(12-10-17)33-18-7-5-4-6-8-18/h4-12,25H,13-14H2,1-3H3,(H,27,31,32). The van der Waals surface area contributed by atoms with Crippen LogP contribution in [0.5, 0.6) is 11.5 Å². The molecule has 9 heteroatoms. The first kappa shape index (κ1) is 20.6. The maximum atomic E-state index is 12.5. The van der Waals surface area contributed by atoms with Gasteiger partial charge in [-0.25, -0.2) is 4.79 Å². The maximum absolute atomic E-state index is 12.5. The fourth-order valence-electron chi connectivity index (χ4n) is 4.02. The van der Waals surface area contributed by atoms with Crippen molar-refractivity contribution < 1.29 is 4.74 Å². The lowest BCUT2D eigenvalue weighted by atomic mass is 10.3. The van der Waals surface area contributed by atoms with Crippen LogP contribution >= 0.6 is 0 Å². The van der Waals surface area contributed by atoms with Crippen molar-refractivity contribution >= 4 is 22.6 Å². The predicted molar refractivity (Wildman–Crippen MR) is 127 cm³/mol. The van der Waals surface area contributed by atoms with E-state index in [2.05, 4.69) is 19.9 Å². The first-order valence-electron chi connectivity index (χ1n) is 10.7. The van der Waals surface area contributed by atoms with E-state index in [-0.39, 0.29) is 0 Å². The average molecular weight is 444 g/mol. The van der Waals surface area contributed by atoms with E-state index in [0.717, 1.165) is 28.6 Å². The third-order valence-corrected chi connectivity index (χ3v) is 5.90. The van der Waals surface area contributed by atoms with Crippen molar-refractivity contribution in [2.75, 3.05) is 11.9 Å². The van der Waals surface area contributed by atoms with Gasteiger partial charge in [-0.2, -0.15) is 4.98 Å². The van der Waals surface area contributed by atoms with E-state index in [0.29, 0.717) is 30.0 Å². The molecule has 2 N–H and O–H groups in total. The van der Waals surface area contributed by atoms with E-state index in [9.17, 15) is 9.59 Å². The molecule has 5 rings (SSSR count). The molecular weight excluding hydrogens is 420 g/mol. The number of hydrogen-bond donors (Lipinski definition) is 2. The lowest BCUT2D eigenvalue weighted by Crippen LogP contribution is -2.28. The summed E-state index contributed by atoms with van der Waals surface area (Å²) in [5, 5.41) is 3.41. The molecule has 33 heavy (non-hydrogen) atoms. The van der Waals surface area contributed by atoms with Crippen LogP contribution in [-0.4, -0.2) is 30.0 Å². The molecule has 0 radical (unpaired) electrons. The Morgan fingerprint density at radius 2 is 1.67 bits per heavy atom. The second kappa shape index (κ2) is 8.01. The molecule has 0 atom stereocenters. The van der Waals surface area contributed by atoms with Gasteiger partial charge in [0.05, 0.1) is 0 Å². The van der Waals surface area contributed by atoms with Crippen LogP contribution in [0.3, 0.4) is 0 Å². The number of hydrogen-bond acceptors (Lipinski definition) is 5. The largest absolute Gasteiger partial charge is 0.457 e. The Kier molecular flexibility index (Phi) is 5.01. The Hall–Kier alpha value is -4.27. The van der Waals surface area contributed by atoms with Gasteiger partial charge in [-0.1, -0.05) is 18.2 Å². The number of anilines is 1. The van der Waals surface area contributed by atoms with E-state index >= 15 is 0 Å². The molecule has 0 aliphatic heterocycles. The summed E-state index contributed by atoms with van der Waals surface area (Å²) >= 11 is 0. The summed E-state index contributed by atoms with van der Waals surface area (Å²) < 4.78 is 11.1. The highest BCUT2D eigenvalue weighted by molar-refractivity contribution is 5.76. The Morgan fingerprint density at radius 1 is 0.970 bits per heavy atom. The van der Waals surface area contributed by atoms with Gasteiger partial charge in [0.1, 0.15) is 11.5 Å². The Balaban J connectivity index is 1.36. The van der Waals surface area contributed by atoms with Crippen molar-refractivity contribution in [3.63, 3.8) is 0 Å². The third kappa shape index (κ3) is 3.57. The number of aryl methyl sites for hydroxylation is 2. The first-order valence-corrected chi connectivity index (χ1v) is 10.7. The topological polar surface area (TPSA) is 98.4 Å². The number of benzene rings is 2. The highest BCUT2D eigenvalue weighted by Crippen LogP contribution is 2.23. The Morgan fingerprint density at radius 3 is 2.39 bits per heavy atom. The third-order valence-electron chi connectivity index (χ3n) is 5.90. The average Bonchev–Trinajstić information content (AvgIpc) is 3.31. The van der Waals surface area contributed by atoms with Crippen LogP contribution in [0.2, 0.25) is 0 Å². The molecule has 0 spiro atoms. The molecule has 3 heterocycles. The second-order valence-corrected chi connectivity index (χ2v) is 7.93. The van der Waals surface area contributed by atoms with Gasteiger partial charge in [-0.15, -0.1) is 0 Å². The number of imidazole rings is 2. The molecule has 0 bridgehead atoms. The van der Waals surface area contributed by atoms with Gasteiger partial charge in [0.15, 0.2) is 11.2 Å². The van der Waals surface area contributed by atoms with E-state index in [1.165, 1.54) is 4.57 Å². The van der Waals surface area contributed by atoms with Crippen LogP contribution in [-0.2, 0) is 13.6 Å². The van der Waals surface area contributed by atoms with E-state index in [1.54, 1.807) is 7.05 Å². The van der Waals surface area contributed by atoms with Crippen molar-refractivity contribution in [2.45, 2.75) is 20.4 Å². The van der Waals surface area contributed by atoms with Crippen molar-refractivity contribution in [2.24, 2.45) is 7.05 Å². The van der Waals surface area contributed by atoms with Gasteiger partial charge >= 0.3 is 5.69 Å². The summed E-state index contributed by atoms with van der Waals surface area (Å²) in [6.45, 7) is 5.24. The smallest absolute Gasteiger partial charge is 0.329 e. The van der Waals surface area contributed by atoms with E-state index in [4.69, 9.17) is 4.74 Å². The van der Waals surface area contributed by atoms with Gasteiger partial charge in [0, 0.05) is 37.2 Å². The summed E-state index contributed by atoms with van der Waals surface area (Å²) in [7, 11) is 1.60. The van der Waals surface area contributed by atoms with Gasteiger partial charge in [-0.05, 0) is 50.2 Å². The van der Waals surface area contributed by atoms with Crippen molar-refractivity contribution in [3.05, 3.63) is 86.8 Å². The molecule has 0 aliphatic carbocycles. The summed E-state index contributed by atoms with van der Waals surface area (Å²) in [5.41, 5.74) is 2.75. The van der Waals surface area contributed by atoms with Crippen molar-refractivity contribution in [1.82, 2.24) is 23.5 Å². The highest BCUT2D eigenvalue weighted by atomic mass is 16.5. The normalized spacial score (nSPS) is 11.4. The van der Waals surface area contributed by atoms with Crippen LogP contribution in [0.1, 0.15) is 11.4 Å². The van der Waals surface area contributed by atoms with E-state index in [1.807, 2.05) is 72.8 Å². The molecule has 0 unspecified atom stereocenters. The van der Waals surface area contributed by atoms with Gasteiger partial charge in [-0.3, -0.25) is 18.7 Å². The zero-order chi connectivity index (χ0) is 23.1. The number of nitrogens with one attached hydrogen (secondary N) is 2. The number of para-hydroxylation sites is 1. The van der Waals surface area contributed by atoms with Crippen LogP contribution in [0.4, 0.5) is 5.69 Å². The summed E-state index contributed by atoms with van der Waals surface area (Å²) in [5.74, 6) is 2.20. The van der Waals surface area contributed by atoms with Crippen LogP contribution in [0.25, 0.3) is 16.9 Å². The fraction of sp³-hybridized carbons (Fsp3) is 0.208.